The van der Waals surface area contributed by atoms with Crippen LogP contribution in [0, 0.1) is 6.92 Å². The second kappa shape index (κ2) is 5.17. The first kappa shape index (κ1) is 10.5. The molecule has 1 aliphatic rings. The van der Waals surface area contributed by atoms with Crippen LogP contribution < -0.4 is 5.32 Å². The summed E-state index contributed by atoms with van der Waals surface area (Å²) in [7, 11) is 0. The van der Waals surface area contributed by atoms with E-state index < -0.39 is 0 Å². The standard InChI is InChI=1S/C13H19NO/c1-11-4-6-13(7-5-11)14-12-3-2-9-15-10-8-12/h4-7,12,14H,2-3,8-10H2,1H3. The summed E-state index contributed by atoms with van der Waals surface area (Å²) in [6.45, 7) is 3.93. The van der Waals surface area contributed by atoms with Crippen molar-refractivity contribution in [2.45, 2.75) is 32.2 Å². The van der Waals surface area contributed by atoms with Gasteiger partial charge in [-0.25, -0.2) is 0 Å². The topological polar surface area (TPSA) is 21.3 Å². The monoisotopic (exact) mass is 205 g/mol. The fourth-order valence-corrected chi connectivity index (χ4v) is 1.93. The Morgan fingerprint density at radius 1 is 1.13 bits per heavy atom. The van der Waals surface area contributed by atoms with Crippen LogP contribution in [0.25, 0.3) is 0 Å². The first-order valence-corrected chi connectivity index (χ1v) is 5.75. The van der Waals surface area contributed by atoms with E-state index in [1.54, 1.807) is 0 Å². The lowest BCUT2D eigenvalue weighted by atomic mass is 10.1. The molecule has 82 valence electrons. The Hall–Kier alpha value is -1.02. The number of rotatable bonds is 2. The van der Waals surface area contributed by atoms with Gasteiger partial charge in [-0.1, -0.05) is 17.7 Å². The molecule has 0 radical (unpaired) electrons. The van der Waals surface area contributed by atoms with Crippen LogP contribution in [0.15, 0.2) is 24.3 Å². The summed E-state index contributed by atoms with van der Waals surface area (Å²) in [5.74, 6) is 0. The SMILES string of the molecule is Cc1ccc(NC2CCCOCC2)cc1. The average Bonchev–Trinajstić information content (AvgIpc) is 2.50. The van der Waals surface area contributed by atoms with Crippen LogP contribution >= 0.6 is 0 Å². The van der Waals surface area contributed by atoms with Crippen molar-refractivity contribution in [2.75, 3.05) is 18.5 Å². The molecule has 1 saturated heterocycles. The van der Waals surface area contributed by atoms with Crippen molar-refractivity contribution in [3.05, 3.63) is 29.8 Å². The lowest BCUT2D eigenvalue weighted by molar-refractivity contribution is 0.144. The van der Waals surface area contributed by atoms with Gasteiger partial charge in [-0.3, -0.25) is 0 Å². The van der Waals surface area contributed by atoms with Crippen molar-refractivity contribution < 1.29 is 4.74 Å². The van der Waals surface area contributed by atoms with E-state index >= 15 is 0 Å². The summed E-state index contributed by atoms with van der Waals surface area (Å²) in [5.41, 5.74) is 2.54. The van der Waals surface area contributed by atoms with E-state index in [2.05, 4.69) is 36.5 Å². The van der Waals surface area contributed by atoms with Crippen LogP contribution in [0.2, 0.25) is 0 Å². The number of nitrogens with one attached hydrogen (secondary N) is 1. The van der Waals surface area contributed by atoms with Gasteiger partial charge in [0.25, 0.3) is 0 Å². The maximum Gasteiger partial charge on any atom is 0.0485 e. The minimum absolute atomic E-state index is 0.579. The Morgan fingerprint density at radius 3 is 2.73 bits per heavy atom. The van der Waals surface area contributed by atoms with Crippen molar-refractivity contribution in [2.24, 2.45) is 0 Å². The van der Waals surface area contributed by atoms with E-state index in [0.717, 1.165) is 19.6 Å². The van der Waals surface area contributed by atoms with E-state index in [4.69, 9.17) is 4.74 Å². The summed E-state index contributed by atoms with van der Waals surface area (Å²) in [6.07, 6.45) is 3.51. The summed E-state index contributed by atoms with van der Waals surface area (Å²) < 4.78 is 5.44. The second-order valence-electron chi connectivity index (χ2n) is 4.25. The summed E-state index contributed by atoms with van der Waals surface area (Å²) in [6, 6.07) is 9.18. The summed E-state index contributed by atoms with van der Waals surface area (Å²) >= 11 is 0. The third-order valence-corrected chi connectivity index (χ3v) is 2.87. The van der Waals surface area contributed by atoms with Crippen molar-refractivity contribution in [1.29, 1.82) is 0 Å². The minimum atomic E-state index is 0.579. The number of anilines is 1. The number of benzene rings is 1. The summed E-state index contributed by atoms with van der Waals surface area (Å²) in [4.78, 5) is 0. The number of ether oxygens (including phenoxy) is 1. The predicted octanol–water partition coefficient (Wildman–Crippen LogP) is 2.98. The molecule has 0 aromatic heterocycles. The molecule has 15 heavy (non-hydrogen) atoms. The first-order valence-electron chi connectivity index (χ1n) is 5.75. The maximum absolute atomic E-state index is 5.44. The van der Waals surface area contributed by atoms with E-state index in [1.807, 2.05) is 0 Å². The molecule has 1 heterocycles. The van der Waals surface area contributed by atoms with Gasteiger partial charge in [0, 0.05) is 24.9 Å². The molecule has 1 aromatic carbocycles. The molecule has 2 nitrogen and oxygen atoms in total. The van der Waals surface area contributed by atoms with Gasteiger partial charge in [-0.15, -0.1) is 0 Å². The normalized spacial score (nSPS) is 22.1. The molecule has 1 N–H and O–H groups in total. The fraction of sp³-hybridized carbons (Fsp3) is 0.538. The van der Waals surface area contributed by atoms with E-state index in [0.29, 0.717) is 6.04 Å². The molecule has 2 rings (SSSR count). The Morgan fingerprint density at radius 2 is 1.93 bits per heavy atom. The predicted molar refractivity (Wildman–Crippen MR) is 63.3 cm³/mol. The Labute approximate surface area is 91.6 Å². The molecular formula is C13H19NO. The second-order valence-corrected chi connectivity index (χ2v) is 4.25. The largest absolute Gasteiger partial charge is 0.382 e. The number of hydrogen-bond acceptors (Lipinski definition) is 2. The Kier molecular flexibility index (Phi) is 3.62. The van der Waals surface area contributed by atoms with E-state index in [1.165, 1.54) is 24.1 Å². The molecule has 2 heteroatoms. The highest BCUT2D eigenvalue weighted by atomic mass is 16.5. The highest BCUT2D eigenvalue weighted by Gasteiger charge is 2.11. The molecule has 0 aliphatic carbocycles. The highest BCUT2D eigenvalue weighted by molar-refractivity contribution is 5.45. The van der Waals surface area contributed by atoms with Crippen LogP contribution in [-0.4, -0.2) is 19.3 Å². The molecule has 1 atom stereocenters. The molecule has 0 amide bonds. The summed E-state index contributed by atoms with van der Waals surface area (Å²) in [5, 5.41) is 3.57. The van der Waals surface area contributed by atoms with Crippen molar-refractivity contribution in [3.63, 3.8) is 0 Å². The van der Waals surface area contributed by atoms with Crippen LogP contribution in [-0.2, 0) is 4.74 Å². The van der Waals surface area contributed by atoms with E-state index in [9.17, 15) is 0 Å². The molecule has 1 unspecified atom stereocenters. The quantitative estimate of drug-likeness (QED) is 0.801. The van der Waals surface area contributed by atoms with Crippen molar-refractivity contribution >= 4 is 5.69 Å². The van der Waals surface area contributed by atoms with Crippen LogP contribution in [0.5, 0.6) is 0 Å². The van der Waals surface area contributed by atoms with Crippen molar-refractivity contribution in [3.8, 4) is 0 Å². The number of aryl methyl sites for hydroxylation is 1. The zero-order chi connectivity index (χ0) is 10.5. The van der Waals surface area contributed by atoms with Crippen LogP contribution in [0.1, 0.15) is 24.8 Å². The van der Waals surface area contributed by atoms with Gasteiger partial charge < -0.3 is 10.1 Å². The molecule has 0 bridgehead atoms. The molecule has 1 aromatic rings. The molecule has 0 saturated carbocycles. The smallest absolute Gasteiger partial charge is 0.0485 e. The first-order chi connectivity index (χ1) is 7.34. The van der Waals surface area contributed by atoms with Crippen LogP contribution in [0.4, 0.5) is 5.69 Å². The van der Waals surface area contributed by atoms with Gasteiger partial charge in [0.15, 0.2) is 0 Å². The Balaban J connectivity index is 1.92. The maximum atomic E-state index is 5.44. The highest BCUT2D eigenvalue weighted by Crippen LogP contribution is 2.16. The third-order valence-electron chi connectivity index (χ3n) is 2.87. The van der Waals surface area contributed by atoms with Crippen LogP contribution in [0.3, 0.4) is 0 Å². The van der Waals surface area contributed by atoms with Gasteiger partial charge in [0.05, 0.1) is 0 Å². The van der Waals surface area contributed by atoms with E-state index in [-0.39, 0.29) is 0 Å². The lowest BCUT2D eigenvalue weighted by Gasteiger charge is -2.17. The van der Waals surface area contributed by atoms with Gasteiger partial charge >= 0.3 is 0 Å². The fourth-order valence-electron chi connectivity index (χ4n) is 1.93. The molecule has 1 aliphatic heterocycles. The zero-order valence-electron chi connectivity index (χ0n) is 9.33. The lowest BCUT2D eigenvalue weighted by Crippen LogP contribution is -2.19. The van der Waals surface area contributed by atoms with Crippen molar-refractivity contribution in [1.82, 2.24) is 0 Å². The van der Waals surface area contributed by atoms with Gasteiger partial charge in [0.1, 0.15) is 0 Å². The van der Waals surface area contributed by atoms with Gasteiger partial charge in [0.2, 0.25) is 0 Å². The van der Waals surface area contributed by atoms with Gasteiger partial charge in [-0.2, -0.15) is 0 Å². The molecule has 0 spiro atoms. The minimum Gasteiger partial charge on any atom is -0.382 e. The number of hydrogen-bond donors (Lipinski definition) is 1. The molecule has 1 fully saturated rings. The third kappa shape index (κ3) is 3.24. The van der Waals surface area contributed by atoms with Gasteiger partial charge in [-0.05, 0) is 38.3 Å². The molecular weight excluding hydrogens is 186 g/mol. The zero-order valence-corrected chi connectivity index (χ0v) is 9.33. The average molecular weight is 205 g/mol. The Bertz CT molecular complexity index is 286.